The van der Waals surface area contributed by atoms with Gasteiger partial charge in [0, 0.05) is 15.7 Å². The molecule has 0 aliphatic heterocycles. The fraction of sp³-hybridized carbons (Fsp3) is 0.235. The van der Waals surface area contributed by atoms with Crippen LogP contribution in [0.3, 0.4) is 0 Å². The van der Waals surface area contributed by atoms with Crippen molar-refractivity contribution >= 4 is 28.4 Å². The van der Waals surface area contributed by atoms with Gasteiger partial charge in [0.05, 0.1) is 6.54 Å². The summed E-state index contributed by atoms with van der Waals surface area (Å²) in [7, 11) is 1.99. The molecule has 0 atom stereocenters. The Kier molecular flexibility index (Phi) is 5.73. The van der Waals surface area contributed by atoms with Gasteiger partial charge in [0.15, 0.2) is 5.78 Å². The van der Waals surface area contributed by atoms with Crippen LogP contribution in [-0.4, -0.2) is 30.8 Å². The Labute approximate surface area is 133 Å². The molecule has 0 spiro atoms. The molecule has 2 rings (SSSR count). The molecule has 2 nitrogen and oxygen atoms in total. The molecular formula is C17H18INO. The van der Waals surface area contributed by atoms with Gasteiger partial charge in [-0.25, -0.2) is 0 Å². The van der Waals surface area contributed by atoms with Gasteiger partial charge in [0.25, 0.3) is 0 Å². The van der Waals surface area contributed by atoms with E-state index in [1.807, 2.05) is 49.5 Å². The van der Waals surface area contributed by atoms with E-state index >= 15 is 0 Å². The molecule has 0 saturated heterocycles. The molecule has 0 radical (unpaired) electrons. The fourth-order valence-electron chi connectivity index (χ4n) is 2.02. The van der Waals surface area contributed by atoms with Gasteiger partial charge < -0.3 is 0 Å². The van der Waals surface area contributed by atoms with Crippen LogP contribution in [0.1, 0.15) is 15.9 Å². The average Bonchev–Trinajstić information content (AvgIpc) is 2.47. The van der Waals surface area contributed by atoms with Gasteiger partial charge in [-0.15, -0.1) is 0 Å². The molecule has 0 fully saturated rings. The summed E-state index contributed by atoms with van der Waals surface area (Å²) in [5.41, 5.74) is 2.10. The molecule has 3 heteroatoms. The van der Waals surface area contributed by atoms with Crippen molar-refractivity contribution in [3.8, 4) is 0 Å². The zero-order valence-electron chi connectivity index (χ0n) is 11.6. The zero-order chi connectivity index (χ0) is 14.4. The predicted molar refractivity (Wildman–Crippen MR) is 91.1 cm³/mol. The standard InChI is InChI=1S/C17H18INO/c1-19(12-11-14-5-3-2-4-6-14)13-17(20)15-7-9-16(18)10-8-15/h2-10H,11-13H2,1H3. The highest BCUT2D eigenvalue weighted by Crippen LogP contribution is 2.08. The van der Waals surface area contributed by atoms with Gasteiger partial charge >= 0.3 is 0 Å². The summed E-state index contributed by atoms with van der Waals surface area (Å²) < 4.78 is 1.15. The van der Waals surface area contributed by atoms with Gasteiger partial charge in [-0.2, -0.15) is 0 Å². The Balaban J connectivity index is 1.83. The van der Waals surface area contributed by atoms with Crippen LogP contribution >= 0.6 is 22.6 Å². The molecule has 0 unspecified atom stereocenters. The fourth-order valence-corrected chi connectivity index (χ4v) is 2.38. The van der Waals surface area contributed by atoms with Crippen molar-refractivity contribution in [1.29, 1.82) is 0 Å². The number of carbonyl (C=O) groups is 1. The number of hydrogen-bond donors (Lipinski definition) is 0. The molecule has 0 heterocycles. The number of rotatable bonds is 6. The van der Waals surface area contributed by atoms with E-state index in [4.69, 9.17) is 0 Å². The molecule has 20 heavy (non-hydrogen) atoms. The van der Waals surface area contributed by atoms with Crippen LogP contribution in [-0.2, 0) is 6.42 Å². The maximum absolute atomic E-state index is 12.1. The average molecular weight is 379 g/mol. The summed E-state index contributed by atoms with van der Waals surface area (Å²) >= 11 is 2.24. The predicted octanol–water partition coefficient (Wildman–Crippen LogP) is 3.65. The van der Waals surface area contributed by atoms with Crippen LogP contribution in [0.2, 0.25) is 0 Å². The largest absolute Gasteiger partial charge is 0.299 e. The quantitative estimate of drug-likeness (QED) is 0.564. The van der Waals surface area contributed by atoms with E-state index in [1.54, 1.807) is 0 Å². The van der Waals surface area contributed by atoms with E-state index in [0.29, 0.717) is 6.54 Å². The van der Waals surface area contributed by atoms with Crippen LogP contribution in [0.5, 0.6) is 0 Å². The number of likely N-dealkylation sites (N-methyl/N-ethyl adjacent to an activating group) is 1. The number of halogens is 1. The molecule has 0 aliphatic carbocycles. The van der Waals surface area contributed by atoms with Crippen LogP contribution in [0, 0.1) is 3.57 Å². The summed E-state index contributed by atoms with van der Waals surface area (Å²) in [6, 6.07) is 18.1. The maximum atomic E-state index is 12.1. The Hall–Kier alpha value is -1.20. The number of benzene rings is 2. The minimum absolute atomic E-state index is 0.178. The molecule has 2 aromatic rings. The first-order chi connectivity index (χ1) is 9.65. The normalized spacial score (nSPS) is 10.8. The van der Waals surface area contributed by atoms with Crippen LogP contribution in [0.25, 0.3) is 0 Å². The minimum Gasteiger partial charge on any atom is -0.299 e. The summed E-state index contributed by atoms with van der Waals surface area (Å²) in [5, 5.41) is 0. The van der Waals surface area contributed by atoms with Crippen molar-refractivity contribution in [3.05, 3.63) is 69.3 Å². The number of carbonyl (C=O) groups excluding carboxylic acids is 1. The third-order valence-corrected chi connectivity index (χ3v) is 3.92. The molecule has 104 valence electrons. The Morgan fingerprint density at radius 1 is 1.05 bits per heavy atom. The minimum atomic E-state index is 0.178. The van der Waals surface area contributed by atoms with Gasteiger partial charge in [-0.3, -0.25) is 9.69 Å². The summed E-state index contributed by atoms with van der Waals surface area (Å²) in [4.78, 5) is 14.2. The molecule has 2 aromatic carbocycles. The second-order valence-electron chi connectivity index (χ2n) is 4.90. The Morgan fingerprint density at radius 3 is 2.35 bits per heavy atom. The van der Waals surface area contributed by atoms with Crippen molar-refractivity contribution < 1.29 is 4.79 Å². The van der Waals surface area contributed by atoms with E-state index in [9.17, 15) is 4.79 Å². The number of nitrogens with zero attached hydrogens (tertiary/aromatic N) is 1. The van der Waals surface area contributed by atoms with Crippen LogP contribution in [0.15, 0.2) is 54.6 Å². The second-order valence-corrected chi connectivity index (χ2v) is 6.15. The van der Waals surface area contributed by atoms with E-state index in [2.05, 4.69) is 39.6 Å². The molecular weight excluding hydrogens is 361 g/mol. The second kappa shape index (κ2) is 7.55. The lowest BCUT2D eigenvalue weighted by molar-refractivity contribution is 0.0947. The summed E-state index contributed by atoms with van der Waals surface area (Å²) in [6.07, 6.45) is 0.970. The molecule has 0 aliphatic rings. The number of ketones is 1. The molecule has 0 N–H and O–H groups in total. The topological polar surface area (TPSA) is 20.3 Å². The highest BCUT2D eigenvalue weighted by Gasteiger charge is 2.09. The lowest BCUT2D eigenvalue weighted by Crippen LogP contribution is -2.28. The third-order valence-electron chi connectivity index (χ3n) is 3.20. The lowest BCUT2D eigenvalue weighted by atomic mass is 10.1. The van der Waals surface area contributed by atoms with Crippen molar-refractivity contribution in [2.45, 2.75) is 6.42 Å². The lowest BCUT2D eigenvalue weighted by Gasteiger charge is -2.15. The van der Waals surface area contributed by atoms with E-state index < -0.39 is 0 Å². The molecule has 0 saturated carbocycles. The molecule has 0 aromatic heterocycles. The molecule has 0 amide bonds. The first kappa shape index (κ1) is 15.2. The SMILES string of the molecule is CN(CCc1ccccc1)CC(=O)c1ccc(I)cc1. The van der Waals surface area contributed by atoms with Gasteiger partial charge in [0.1, 0.15) is 0 Å². The van der Waals surface area contributed by atoms with Crippen molar-refractivity contribution in [2.75, 3.05) is 20.1 Å². The number of Topliss-reactive ketones (excluding diaryl/α,β-unsaturated/α-hetero) is 1. The highest BCUT2D eigenvalue weighted by molar-refractivity contribution is 14.1. The van der Waals surface area contributed by atoms with E-state index in [-0.39, 0.29) is 5.78 Å². The van der Waals surface area contributed by atoms with Crippen LogP contribution in [0.4, 0.5) is 0 Å². The van der Waals surface area contributed by atoms with Gasteiger partial charge in [-0.1, -0.05) is 42.5 Å². The Morgan fingerprint density at radius 2 is 1.70 bits per heavy atom. The van der Waals surface area contributed by atoms with E-state index in [0.717, 1.165) is 22.1 Å². The first-order valence-corrected chi connectivity index (χ1v) is 7.74. The highest BCUT2D eigenvalue weighted by atomic mass is 127. The van der Waals surface area contributed by atoms with Crippen molar-refractivity contribution in [3.63, 3.8) is 0 Å². The van der Waals surface area contributed by atoms with Crippen molar-refractivity contribution in [1.82, 2.24) is 4.90 Å². The monoisotopic (exact) mass is 379 g/mol. The maximum Gasteiger partial charge on any atom is 0.176 e. The van der Waals surface area contributed by atoms with Gasteiger partial charge in [-0.05, 0) is 53.8 Å². The summed E-state index contributed by atoms with van der Waals surface area (Å²) in [6.45, 7) is 1.35. The van der Waals surface area contributed by atoms with E-state index in [1.165, 1.54) is 5.56 Å². The van der Waals surface area contributed by atoms with Crippen LogP contribution < -0.4 is 0 Å². The third kappa shape index (κ3) is 4.72. The first-order valence-electron chi connectivity index (χ1n) is 6.66. The zero-order valence-corrected chi connectivity index (χ0v) is 13.7. The summed E-state index contributed by atoms with van der Waals surface area (Å²) in [5.74, 6) is 0.178. The van der Waals surface area contributed by atoms with Gasteiger partial charge in [0.2, 0.25) is 0 Å². The Bertz CT molecular complexity index is 551. The number of hydrogen-bond acceptors (Lipinski definition) is 2. The van der Waals surface area contributed by atoms with Crippen molar-refractivity contribution in [2.24, 2.45) is 0 Å². The smallest absolute Gasteiger partial charge is 0.176 e. The molecule has 0 bridgehead atoms.